The first kappa shape index (κ1) is 11.1. The molecule has 3 nitrogen and oxygen atoms in total. The van der Waals surface area contributed by atoms with Crippen LogP contribution in [0.2, 0.25) is 0 Å². The van der Waals surface area contributed by atoms with Crippen LogP contribution in [0.4, 0.5) is 0 Å². The van der Waals surface area contributed by atoms with Crippen LogP contribution in [0.25, 0.3) is 10.9 Å². The van der Waals surface area contributed by atoms with Crippen molar-refractivity contribution in [2.45, 2.75) is 11.8 Å². The first-order chi connectivity index (χ1) is 7.76. The van der Waals surface area contributed by atoms with Gasteiger partial charge in [0, 0.05) is 22.0 Å². The molecule has 1 aromatic heterocycles. The van der Waals surface area contributed by atoms with Gasteiger partial charge in [-0.1, -0.05) is 0 Å². The number of H-pyrrole nitrogens is 1. The van der Waals surface area contributed by atoms with Crippen molar-refractivity contribution in [2.75, 3.05) is 12.9 Å². The molecule has 0 aliphatic heterocycles. The van der Waals surface area contributed by atoms with Gasteiger partial charge in [-0.05, 0) is 31.4 Å². The first-order valence-corrected chi connectivity index (χ1v) is 6.31. The predicted octanol–water partition coefficient (Wildman–Crippen LogP) is 3.07. The van der Waals surface area contributed by atoms with E-state index in [9.17, 15) is 4.79 Å². The van der Waals surface area contributed by atoms with E-state index in [2.05, 4.69) is 4.98 Å². The maximum atomic E-state index is 11.6. The van der Waals surface area contributed by atoms with E-state index < -0.39 is 0 Å². The second-order valence-electron chi connectivity index (χ2n) is 3.34. The topological polar surface area (TPSA) is 42.1 Å². The van der Waals surface area contributed by atoms with Crippen molar-refractivity contribution < 1.29 is 9.53 Å². The summed E-state index contributed by atoms with van der Waals surface area (Å²) in [5, 5.41) is 1.07. The third-order valence-corrected chi connectivity index (χ3v) is 3.15. The number of rotatable bonds is 3. The van der Waals surface area contributed by atoms with Crippen molar-refractivity contribution in [3.05, 3.63) is 30.0 Å². The van der Waals surface area contributed by atoms with Crippen molar-refractivity contribution in [2.24, 2.45) is 0 Å². The molecule has 0 fully saturated rings. The maximum absolute atomic E-state index is 11.6. The van der Waals surface area contributed by atoms with E-state index in [1.807, 2.05) is 24.6 Å². The lowest BCUT2D eigenvalue weighted by Gasteiger charge is -2.02. The molecule has 0 unspecified atom stereocenters. The quantitative estimate of drug-likeness (QED) is 0.656. The highest BCUT2D eigenvalue weighted by molar-refractivity contribution is 7.98. The second kappa shape index (κ2) is 4.61. The molecule has 0 bridgehead atoms. The van der Waals surface area contributed by atoms with E-state index in [1.165, 1.54) is 0 Å². The lowest BCUT2D eigenvalue weighted by Crippen LogP contribution is -2.03. The van der Waals surface area contributed by atoms with E-state index in [0.29, 0.717) is 12.2 Å². The Balaban J connectivity index is 2.45. The fourth-order valence-electron chi connectivity index (χ4n) is 1.61. The standard InChI is InChI=1S/C12H13NO2S/c1-3-15-12(14)8-4-5-10-9(6-8)11(16-2)7-13-10/h4-7,13H,3H2,1-2H3. The maximum Gasteiger partial charge on any atom is 0.338 e. The van der Waals surface area contributed by atoms with Gasteiger partial charge in [0.15, 0.2) is 0 Å². The Kier molecular flexibility index (Phi) is 3.19. The van der Waals surface area contributed by atoms with Gasteiger partial charge >= 0.3 is 5.97 Å². The number of carbonyl (C=O) groups excluding carboxylic acids is 1. The van der Waals surface area contributed by atoms with E-state index in [1.54, 1.807) is 24.8 Å². The zero-order chi connectivity index (χ0) is 11.5. The van der Waals surface area contributed by atoms with E-state index in [4.69, 9.17) is 4.74 Å². The summed E-state index contributed by atoms with van der Waals surface area (Å²) in [6, 6.07) is 5.55. The van der Waals surface area contributed by atoms with Crippen LogP contribution in [0.3, 0.4) is 0 Å². The highest BCUT2D eigenvalue weighted by atomic mass is 32.2. The fourth-order valence-corrected chi connectivity index (χ4v) is 2.17. The van der Waals surface area contributed by atoms with E-state index in [-0.39, 0.29) is 5.97 Å². The molecule has 0 saturated heterocycles. The summed E-state index contributed by atoms with van der Waals surface area (Å²) < 4.78 is 4.97. The Bertz CT molecular complexity index is 519. The number of carbonyl (C=O) groups is 1. The van der Waals surface area contributed by atoms with E-state index in [0.717, 1.165) is 15.8 Å². The van der Waals surface area contributed by atoms with Gasteiger partial charge in [0.1, 0.15) is 0 Å². The Hall–Kier alpha value is -1.42. The summed E-state index contributed by atoms with van der Waals surface area (Å²) in [4.78, 5) is 15.9. The van der Waals surface area contributed by atoms with Crippen LogP contribution in [0.15, 0.2) is 29.3 Å². The molecule has 1 heterocycles. The lowest BCUT2D eigenvalue weighted by atomic mass is 10.1. The van der Waals surface area contributed by atoms with Crippen LogP contribution < -0.4 is 0 Å². The van der Waals surface area contributed by atoms with Crippen LogP contribution in [0.1, 0.15) is 17.3 Å². The molecule has 0 spiro atoms. The largest absolute Gasteiger partial charge is 0.462 e. The number of aromatic amines is 1. The molecule has 4 heteroatoms. The minimum atomic E-state index is -0.266. The number of thioether (sulfide) groups is 1. The highest BCUT2D eigenvalue weighted by Crippen LogP contribution is 2.26. The van der Waals surface area contributed by atoms with E-state index >= 15 is 0 Å². The summed E-state index contributed by atoms with van der Waals surface area (Å²) in [7, 11) is 0. The molecule has 0 atom stereocenters. The zero-order valence-corrected chi connectivity index (χ0v) is 10.1. The Morgan fingerprint density at radius 3 is 3.00 bits per heavy atom. The number of hydrogen-bond donors (Lipinski definition) is 1. The van der Waals surface area contributed by atoms with Crippen molar-refractivity contribution in [3.63, 3.8) is 0 Å². The molecule has 16 heavy (non-hydrogen) atoms. The molecule has 84 valence electrons. The fraction of sp³-hybridized carbons (Fsp3) is 0.250. The summed E-state index contributed by atoms with van der Waals surface area (Å²) in [5.41, 5.74) is 1.64. The monoisotopic (exact) mass is 235 g/mol. The van der Waals surface area contributed by atoms with Crippen LogP contribution in [-0.4, -0.2) is 23.8 Å². The van der Waals surface area contributed by atoms with Gasteiger partial charge in [-0.2, -0.15) is 0 Å². The average Bonchev–Trinajstić information content (AvgIpc) is 2.71. The number of nitrogens with one attached hydrogen (secondary N) is 1. The molecule has 2 aromatic rings. The third-order valence-electron chi connectivity index (χ3n) is 2.37. The van der Waals surface area contributed by atoms with Gasteiger partial charge in [-0.3, -0.25) is 0 Å². The molecule has 0 aliphatic carbocycles. The number of fused-ring (bicyclic) bond motifs is 1. The summed E-state index contributed by atoms with van der Waals surface area (Å²) in [6.07, 6.45) is 3.96. The van der Waals surface area contributed by atoms with Crippen molar-refractivity contribution in [1.29, 1.82) is 0 Å². The minimum Gasteiger partial charge on any atom is -0.462 e. The molecule has 0 saturated carbocycles. The second-order valence-corrected chi connectivity index (χ2v) is 4.19. The summed E-state index contributed by atoms with van der Waals surface area (Å²) in [5.74, 6) is -0.266. The van der Waals surface area contributed by atoms with Gasteiger partial charge in [-0.25, -0.2) is 4.79 Å². The van der Waals surface area contributed by atoms with Crippen LogP contribution in [0, 0.1) is 0 Å². The number of esters is 1. The van der Waals surface area contributed by atoms with Crippen molar-refractivity contribution >= 4 is 28.6 Å². The van der Waals surface area contributed by atoms with Crippen molar-refractivity contribution in [3.8, 4) is 0 Å². The zero-order valence-electron chi connectivity index (χ0n) is 9.24. The van der Waals surface area contributed by atoms with Crippen LogP contribution in [-0.2, 0) is 4.74 Å². The number of hydrogen-bond acceptors (Lipinski definition) is 3. The van der Waals surface area contributed by atoms with Gasteiger partial charge < -0.3 is 9.72 Å². The summed E-state index contributed by atoms with van der Waals surface area (Å²) in [6.45, 7) is 2.21. The smallest absolute Gasteiger partial charge is 0.338 e. The molecular formula is C12H13NO2S. The molecule has 0 radical (unpaired) electrons. The summed E-state index contributed by atoms with van der Waals surface area (Å²) >= 11 is 1.66. The molecule has 1 N–H and O–H groups in total. The molecule has 0 aliphatic rings. The van der Waals surface area contributed by atoms with Crippen molar-refractivity contribution in [1.82, 2.24) is 4.98 Å². The van der Waals surface area contributed by atoms with Crippen LogP contribution in [0.5, 0.6) is 0 Å². The van der Waals surface area contributed by atoms with Gasteiger partial charge in [-0.15, -0.1) is 11.8 Å². The highest BCUT2D eigenvalue weighted by Gasteiger charge is 2.09. The third kappa shape index (κ3) is 1.93. The number of aromatic nitrogens is 1. The van der Waals surface area contributed by atoms with Gasteiger partial charge in [0.05, 0.1) is 12.2 Å². The lowest BCUT2D eigenvalue weighted by molar-refractivity contribution is 0.0526. The Morgan fingerprint density at radius 2 is 2.31 bits per heavy atom. The first-order valence-electron chi connectivity index (χ1n) is 5.08. The average molecular weight is 235 g/mol. The normalized spacial score (nSPS) is 10.6. The predicted molar refractivity (Wildman–Crippen MR) is 66.0 cm³/mol. The van der Waals surface area contributed by atoms with Gasteiger partial charge in [0.2, 0.25) is 0 Å². The molecule has 2 rings (SSSR count). The SMILES string of the molecule is CCOC(=O)c1ccc2[nH]cc(SC)c2c1. The molecule has 1 aromatic carbocycles. The number of ether oxygens (including phenoxy) is 1. The molecular weight excluding hydrogens is 222 g/mol. The molecule has 0 amide bonds. The van der Waals surface area contributed by atoms with Crippen LogP contribution >= 0.6 is 11.8 Å². The Morgan fingerprint density at radius 1 is 1.50 bits per heavy atom. The van der Waals surface area contributed by atoms with Gasteiger partial charge in [0.25, 0.3) is 0 Å². The minimum absolute atomic E-state index is 0.266. The number of benzene rings is 1. The Labute approximate surface area is 98.2 Å².